The van der Waals surface area contributed by atoms with Crippen LogP contribution in [0, 0.1) is 10.8 Å². The summed E-state index contributed by atoms with van der Waals surface area (Å²) in [6.45, 7) is 6.71. The van der Waals surface area contributed by atoms with E-state index >= 15 is 0 Å². The Kier molecular flexibility index (Phi) is 1.40. The Balaban J connectivity index is 2.78. The number of hydrogen-bond donors (Lipinski definition) is 2. The quantitative estimate of drug-likeness (QED) is 0.681. The van der Waals surface area contributed by atoms with E-state index in [0.717, 1.165) is 30.7 Å². The van der Waals surface area contributed by atoms with E-state index < -0.39 is 0 Å². The highest BCUT2D eigenvalue weighted by molar-refractivity contribution is 4.93. The van der Waals surface area contributed by atoms with Gasteiger partial charge in [-0.25, -0.2) is 0 Å². The summed E-state index contributed by atoms with van der Waals surface area (Å²) in [5.74, 6) is 0. The van der Waals surface area contributed by atoms with Crippen molar-refractivity contribution in [2.45, 2.75) is 46.1 Å². The average molecular weight is 174 g/mol. The minimum absolute atomic E-state index is 0.0774. The molecule has 1 rings (SSSR count). The molecule has 1 aliphatic rings. The highest BCUT2D eigenvalue weighted by Crippen LogP contribution is 2.44. The van der Waals surface area contributed by atoms with Crippen LogP contribution in [0.3, 0.4) is 0 Å². The monoisotopic (exact) mass is 174 g/mol. The van der Waals surface area contributed by atoms with Gasteiger partial charge >= 0.3 is 0 Å². The van der Waals surface area contributed by atoms with Crippen LogP contribution in [0.4, 0.5) is 0 Å². The Bertz CT molecular complexity index is 245. The summed E-state index contributed by atoms with van der Waals surface area (Å²) in [5.41, 5.74) is 1.44. The third-order valence-corrected chi connectivity index (χ3v) is 2.80. The lowest BCUT2D eigenvalue weighted by Crippen LogP contribution is -2.45. The lowest BCUT2D eigenvalue weighted by molar-refractivity contribution is 0.0904. The molecule has 0 bridgehead atoms. The fourth-order valence-electron chi connectivity index (χ4n) is 2.70. The van der Waals surface area contributed by atoms with Gasteiger partial charge < -0.3 is 11.4 Å². The maximum Gasteiger partial charge on any atom is 0.119 e. The van der Waals surface area contributed by atoms with Crippen LogP contribution in [0.15, 0.2) is 0 Å². The summed E-state index contributed by atoms with van der Waals surface area (Å²) in [4.78, 5) is 0. The van der Waals surface area contributed by atoms with Crippen molar-refractivity contribution < 1.29 is 5.65 Å². The van der Waals surface area contributed by atoms with Gasteiger partial charge in [-0.1, -0.05) is 20.8 Å². The van der Waals surface area contributed by atoms with Gasteiger partial charge in [0.15, 0.2) is 0 Å². The lowest BCUT2D eigenvalue weighted by atomic mass is 9.63. The minimum Gasteiger partial charge on any atom is -0.330 e. The van der Waals surface area contributed by atoms with Gasteiger partial charge in [-0.2, -0.15) is 0 Å². The number of hydrogen-bond acceptors (Lipinski definition) is 2. The molecule has 0 amide bonds. The van der Waals surface area contributed by atoms with E-state index in [-0.39, 0.29) is 16.9 Å². The van der Waals surface area contributed by atoms with Crippen molar-refractivity contribution in [2.24, 2.45) is 22.3 Å². The average Bonchev–Trinajstić information content (AvgIpc) is 1.96. The van der Waals surface area contributed by atoms with Crippen LogP contribution in [-0.4, -0.2) is 12.6 Å². The van der Waals surface area contributed by atoms with Gasteiger partial charge in [0.05, 0.1) is 0 Å². The molecule has 1 aliphatic carbocycles. The van der Waals surface area contributed by atoms with Crippen LogP contribution in [0.1, 0.15) is 40.0 Å². The predicted molar refractivity (Wildman–Crippen MR) is 52.8 cm³/mol. The molecular weight excluding hydrogens is 148 g/mol. The molecular formula is C10H22N2. The molecule has 0 aliphatic heterocycles. The van der Waals surface area contributed by atoms with Gasteiger partial charge in [0, 0.05) is 6.04 Å². The number of rotatable bonds is 3. The zero-order valence-electron chi connectivity index (χ0n) is 12.3. The fourth-order valence-corrected chi connectivity index (χ4v) is 2.70. The molecule has 0 radical (unpaired) electrons. The summed E-state index contributed by atoms with van der Waals surface area (Å²) in [6, 6.07) is -0.0892. The molecule has 1 saturated carbocycles. The van der Waals surface area contributed by atoms with Gasteiger partial charge in [0.2, 0.25) is 0 Å². The standard InChI is InChI=1S/C10H22N2/c1-9(2)4-8(12)5-10(3,6-9)7-11/h8H,4-7,11-12H2,1-3H3/i/hD4. The number of nitrogens with two attached hydrogens (primary N) is 2. The minimum atomic E-state index is -0.143. The van der Waals surface area contributed by atoms with Gasteiger partial charge in [-0.05, 0) is 36.6 Å². The van der Waals surface area contributed by atoms with Crippen molar-refractivity contribution in [1.29, 1.82) is 0 Å². The molecule has 0 heterocycles. The molecule has 0 aromatic heterocycles. The summed E-state index contributed by atoms with van der Waals surface area (Å²) in [5, 5.41) is 0. The third-order valence-electron chi connectivity index (χ3n) is 2.80. The zero-order chi connectivity index (χ0) is 12.6. The van der Waals surface area contributed by atoms with Gasteiger partial charge in [0.25, 0.3) is 0 Å². The first-order valence-electron chi connectivity index (χ1n) is 6.45. The Morgan fingerprint density at radius 2 is 2.17 bits per heavy atom. The van der Waals surface area contributed by atoms with Gasteiger partial charge in [-0.3, -0.25) is 0 Å². The summed E-state index contributed by atoms with van der Waals surface area (Å²) in [7, 11) is 0. The summed E-state index contributed by atoms with van der Waals surface area (Å²) < 4.78 is 29.3. The van der Waals surface area contributed by atoms with Crippen LogP contribution in [0.5, 0.6) is 0 Å². The first-order chi connectivity index (χ1) is 7.14. The second kappa shape index (κ2) is 3.00. The SMILES string of the molecule is [2H]N([2H])CC1(C)CC(N([2H])[2H])CC(C)(C)C1. The Morgan fingerprint density at radius 1 is 1.42 bits per heavy atom. The van der Waals surface area contributed by atoms with Crippen LogP contribution in [0.2, 0.25) is 5.65 Å². The van der Waals surface area contributed by atoms with Crippen LogP contribution < -0.4 is 11.4 Å². The smallest absolute Gasteiger partial charge is 0.119 e. The van der Waals surface area contributed by atoms with Crippen LogP contribution in [-0.2, 0) is 0 Å². The molecule has 2 unspecified atom stereocenters. The summed E-state index contributed by atoms with van der Waals surface area (Å²) >= 11 is 0. The van der Waals surface area contributed by atoms with E-state index in [1.165, 1.54) is 0 Å². The summed E-state index contributed by atoms with van der Waals surface area (Å²) in [6.07, 6.45) is 2.50. The first-order valence-corrected chi connectivity index (χ1v) is 4.66. The van der Waals surface area contributed by atoms with E-state index in [9.17, 15) is 0 Å². The van der Waals surface area contributed by atoms with E-state index in [0.29, 0.717) is 6.54 Å². The molecule has 0 saturated heterocycles. The topological polar surface area (TPSA) is 52.0 Å². The molecule has 2 heteroatoms. The highest BCUT2D eigenvalue weighted by Gasteiger charge is 2.38. The first kappa shape index (κ1) is 5.61. The predicted octanol–water partition coefficient (Wildman–Crippen LogP) is 1.49. The van der Waals surface area contributed by atoms with Gasteiger partial charge in [-0.15, -0.1) is 0 Å². The Morgan fingerprint density at radius 3 is 2.75 bits per heavy atom. The van der Waals surface area contributed by atoms with Crippen LogP contribution >= 0.6 is 0 Å². The van der Waals surface area contributed by atoms with E-state index in [1.807, 2.05) is 0 Å². The van der Waals surface area contributed by atoms with Crippen molar-refractivity contribution in [3.05, 3.63) is 0 Å². The molecule has 4 N–H and O–H groups in total. The highest BCUT2D eigenvalue weighted by atomic mass is 14.7. The van der Waals surface area contributed by atoms with E-state index in [2.05, 4.69) is 20.8 Å². The van der Waals surface area contributed by atoms with E-state index in [4.69, 9.17) is 5.65 Å². The molecule has 0 aromatic carbocycles. The Hall–Kier alpha value is -0.0800. The lowest BCUT2D eigenvalue weighted by Gasteiger charge is -2.45. The van der Waals surface area contributed by atoms with Crippen molar-refractivity contribution in [3.8, 4) is 0 Å². The van der Waals surface area contributed by atoms with Gasteiger partial charge in [0.1, 0.15) is 5.65 Å². The van der Waals surface area contributed by atoms with Crippen LogP contribution in [0.25, 0.3) is 0 Å². The normalized spacial score (nSPS) is 46.6. The molecule has 72 valence electrons. The largest absolute Gasteiger partial charge is 0.330 e. The fraction of sp³-hybridized carbons (Fsp3) is 1.00. The van der Waals surface area contributed by atoms with Crippen molar-refractivity contribution in [2.75, 3.05) is 6.54 Å². The maximum absolute atomic E-state index is 7.40. The second-order valence-corrected chi connectivity index (χ2v) is 5.37. The molecule has 2 atom stereocenters. The molecule has 1 fully saturated rings. The zero-order valence-corrected chi connectivity index (χ0v) is 8.30. The molecule has 12 heavy (non-hydrogen) atoms. The maximum atomic E-state index is 7.40. The van der Waals surface area contributed by atoms with Crippen molar-refractivity contribution >= 4 is 0 Å². The molecule has 0 aromatic rings. The molecule has 0 spiro atoms. The second-order valence-electron chi connectivity index (χ2n) is 5.37. The van der Waals surface area contributed by atoms with Crippen molar-refractivity contribution in [1.82, 2.24) is 0 Å². The molecule has 2 nitrogen and oxygen atoms in total. The van der Waals surface area contributed by atoms with E-state index in [1.54, 1.807) is 0 Å². The Labute approximate surface area is 81.5 Å². The van der Waals surface area contributed by atoms with Crippen molar-refractivity contribution in [3.63, 3.8) is 0 Å². The third kappa shape index (κ3) is 2.20.